The highest BCUT2D eigenvalue weighted by atomic mass is 16.3. The molecule has 0 saturated carbocycles. The molecule has 0 fully saturated rings. The van der Waals surface area contributed by atoms with Gasteiger partial charge < -0.3 is 10.4 Å². The van der Waals surface area contributed by atoms with Crippen molar-refractivity contribution >= 4 is 0 Å². The lowest BCUT2D eigenvalue weighted by Gasteiger charge is -2.19. The Morgan fingerprint density at radius 3 is 2.67 bits per heavy atom. The summed E-state index contributed by atoms with van der Waals surface area (Å²) in [6, 6.07) is 5.78. The van der Waals surface area contributed by atoms with E-state index in [0.717, 1.165) is 17.0 Å². The molecule has 0 amide bonds. The SMILES string of the molecule is Cc1ccc(C(C)NC(C)c2ncn[nH]2)c(O)c1. The largest absolute Gasteiger partial charge is 0.508 e. The molecule has 3 N–H and O–H groups in total. The van der Waals surface area contributed by atoms with Crippen LogP contribution in [0.4, 0.5) is 0 Å². The highest BCUT2D eigenvalue weighted by molar-refractivity contribution is 5.37. The van der Waals surface area contributed by atoms with E-state index in [1.165, 1.54) is 6.33 Å². The molecule has 0 aliphatic rings. The Morgan fingerprint density at radius 2 is 2.06 bits per heavy atom. The second kappa shape index (κ2) is 5.18. The highest BCUT2D eigenvalue weighted by Gasteiger charge is 2.15. The van der Waals surface area contributed by atoms with E-state index < -0.39 is 0 Å². The maximum absolute atomic E-state index is 9.93. The number of hydrogen-bond donors (Lipinski definition) is 3. The number of nitrogens with zero attached hydrogens (tertiary/aromatic N) is 2. The van der Waals surface area contributed by atoms with Crippen LogP contribution in [0.2, 0.25) is 0 Å². The monoisotopic (exact) mass is 246 g/mol. The zero-order valence-corrected chi connectivity index (χ0v) is 10.8. The summed E-state index contributed by atoms with van der Waals surface area (Å²) in [7, 11) is 0. The number of phenols is 1. The summed E-state index contributed by atoms with van der Waals surface area (Å²) >= 11 is 0. The maximum Gasteiger partial charge on any atom is 0.141 e. The minimum absolute atomic E-state index is 0.0331. The molecule has 96 valence electrons. The third kappa shape index (κ3) is 2.68. The Balaban J connectivity index is 2.10. The lowest BCUT2D eigenvalue weighted by atomic mass is 10.0. The first-order valence-electron chi connectivity index (χ1n) is 5.98. The van der Waals surface area contributed by atoms with Gasteiger partial charge in [0.05, 0.1) is 6.04 Å². The Bertz CT molecular complexity index is 510. The van der Waals surface area contributed by atoms with Crippen LogP contribution in [0.3, 0.4) is 0 Å². The number of H-pyrrole nitrogens is 1. The van der Waals surface area contributed by atoms with Gasteiger partial charge in [-0.3, -0.25) is 5.10 Å². The molecule has 2 atom stereocenters. The highest BCUT2D eigenvalue weighted by Crippen LogP contribution is 2.26. The van der Waals surface area contributed by atoms with Crippen LogP contribution in [-0.4, -0.2) is 20.3 Å². The molecule has 0 aliphatic carbocycles. The van der Waals surface area contributed by atoms with E-state index in [2.05, 4.69) is 20.5 Å². The van der Waals surface area contributed by atoms with Gasteiger partial charge in [-0.2, -0.15) is 5.10 Å². The number of nitrogens with one attached hydrogen (secondary N) is 2. The van der Waals surface area contributed by atoms with E-state index >= 15 is 0 Å². The number of aromatic hydroxyl groups is 1. The minimum Gasteiger partial charge on any atom is -0.508 e. The van der Waals surface area contributed by atoms with E-state index in [-0.39, 0.29) is 12.1 Å². The number of aromatic nitrogens is 3. The summed E-state index contributed by atoms with van der Waals surface area (Å²) in [5.41, 5.74) is 1.93. The van der Waals surface area contributed by atoms with Crippen molar-refractivity contribution in [1.29, 1.82) is 0 Å². The quantitative estimate of drug-likeness (QED) is 0.773. The van der Waals surface area contributed by atoms with Crippen molar-refractivity contribution in [2.45, 2.75) is 32.9 Å². The van der Waals surface area contributed by atoms with E-state index in [1.807, 2.05) is 32.9 Å². The molecule has 18 heavy (non-hydrogen) atoms. The first-order chi connectivity index (χ1) is 8.58. The fraction of sp³-hybridized carbons (Fsp3) is 0.385. The topological polar surface area (TPSA) is 73.8 Å². The van der Waals surface area contributed by atoms with Crippen LogP contribution in [-0.2, 0) is 0 Å². The zero-order chi connectivity index (χ0) is 13.1. The fourth-order valence-corrected chi connectivity index (χ4v) is 1.99. The molecule has 2 rings (SSSR count). The molecular weight excluding hydrogens is 228 g/mol. The summed E-state index contributed by atoms with van der Waals surface area (Å²) in [6.45, 7) is 5.97. The third-order valence-electron chi connectivity index (χ3n) is 3.00. The lowest BCUT2D eigenvalue weighted by Crippen LogP contribution is -2.23. The van der Waals surface area contributed by atoms with Crippen LogP contribution in [0.1, 0.15) is 42.9 Å². The van der Waals surface area contributed by atoms with Gasteiger partial charge in [-0.15, -0.1) is 0 Å². The van der Waals surface area contributed by atoms with Gasteiger partial charge in [0.1, 0.15) is 17.9 Å². The van der Waals surface area contributed by atoms with Gasteiger partial charge in [0, 0.05) is 11.6 Å². The van der Waals surface area contributed by atoms with Gasteiger partial charge in [0.25, 0.3) is 0 Å². The van der Waals surface area contributed by atoms with Crippen LogP contribution in [0.25, 0.3) is 0 Å². The van der Waals surface area contributed by atoms with E-state index in [9.17, 15) is 5.11 Å². The van der Waals surface area contributed by atoms with Gasteiger partial charge in [0.2, 0.25) is 0 Å². The van der Waals surface area contributed by atoms with Gasteiger partial charge in [-0.25, -0.2) is 4.98 Å². The molecule has 0 spiro atoms. The smallest absolute Gasteiger partial charge is 0.141 e. The molecule has 1 heterocycles. The molecule has 1 aromatic carbocycles. The molecule has 0 bridgehead atoms. The van der Waals surface area contributed by atoms with Crippen molar-refractivity contribution in [3.63, 3.8) is 0 Å². The molecule has 0 aliphatic heterocycles. The van der Waals surface area contributed by atoms with Crippen molar-refractivity contribution in [3.8, 4) is 5.75 Å². The zero-order valence-electron chi connectivity index (χ0n) is 10.8. The minimum atomic E-state index is 0.0331. The second-order valence-corrected chi connectivity index (χ2v) is 4.54. The first-order valence-corrected chi connectivity index (χ1v) is 5.98. The molecule has 5 nitrogen and oxygen atoms in total. The van der Waals surface area contributed by atoms with Crippen LogP contribution >= 0.6 is 0 Å². The van der Waals surface area contributed by atoms with Gasteiger partial charge in [-0.1, -0.05) is 12.1 Å². The number of hydrogen-bond acceptors (Lipinski definition) is 4. The van der Waals surface area contributed by atoms with Crippen LogP contribution in [0, 0.1) is 6.92 Å². The van der Waals surface area contributed by atoms with E-state index in [4.69, 9.17) is 0 Å². The maximum atomic E-state index is 9.93. The Labute approximate surface area is 106 Å². The number of rotatable bonds is 4. The summed E-state index contributed by atoms with van der Waals surface area (Å²) in [4.78, 5) is 4.11. The molecule has 0 radical (unpaired) electrons. The Hall–Kier alpha value is -1.88. The summed E-state index contributed by atoms with van der Waals surface area (Å²) in [5.74, 6) is 1.10. The van der Waals surface area contributed by atoms with Crippen LogP contribution < -0.4 is 5.32 Å². The molecule has 2 aromatic rings. The molecular formula is C13H18N4O. The van der Waals surface area contributed by atoms with E-state index in [1.54, 1.807) is 6.07 Å². The standard InChI is InChI=1S/C13H18N4O/c1-8-4-5-11(12(18)6-8)9(2)16-10(3)13-14-7-15-17-13/h4-7,9-10,16,18H,1-3H3,(H,14,15,17). The average molecular weight is 246 g/mol. The predicted molar refractivity (Wildman–Crippen MR) is 69.2 cm³/mol. The second-order valence-electron chi connectivity index (χ2n) is 4.54. The summed E-state index contributed by atoms with van der Waals surface area (Å²) in [5, 5.41) is 20.0. The predicted octanol–water partition coefficient (Wildman–Crippen LogP) is 2.23. The number of phenolic OH excluding ortho intramolecular Hbond substituents is 1. The number of aryl methyl sites for hydroxylation is 1. The number of benzene rings is 1. The molecule has 2 unspecified atom stereocenters. The van der Waals surface area contributed by atoms with Crippen molar-refractivity contribution in [1.82, 2.24) is 20.5 Å². The molecule has 5 heteroatoms. The normalized spacial score (nSPS) is 14.4. The van der Waals surface area contributed by atoms with Gasteiger partial charge in [-0.05, 0) is 32.4 Å². The average Bonchev–Trinajstić information content (AvgIpc) is 2.81. The van der Waals surface area contributed by atoms with Crippen molar-refractivity contribution in [3.05, 3.63) is 41.5 Å². The van der Waals surface area contributed by atoms with Gasteiger partial charge >= 0.3 is 0 Å². The van der Waals surface area contributed by atoms with Crippen molar-refractivity contribution in [2.24, 2.45) is 0 Å². The van der Waals surface area contributed by atoms with E-state index in [0.29, 0.717) is 5.75 Å². The first kappa shape index (κ1) is 12.6. The molecule has 0 saturated heterocycles. The number of aromatic amines is 1. The van der Waals surface area contributed by atoms with Crippen LogP contribution in [0.5, 0.6) is 5.75 Å². The van der Waals surface area contributed by atoms with Gasteiger partial charge in [0.15, 0.2) is 0 Å². The Morgan fingerprint density at radius 1 is 1.28 bits per heavy atom. The summed E-state index contributed by atoms with van der Waals surface area (Å²) in [6.07, 6.45) is 1.49. The lowest BCUT2D eigenvalue weighted by molar-refractivity contribution is 0.433. The van der Waals surface area contributed by atoms with Crippen molar-refractivity contribution < 1.29 is 5.11 Å². The fourth-order valence-electron chi connectivity index (χ4n) is 1.99. The van der Waals surface area contributed by atoms with Crippen molar-refractivity contribution in [2.75, 3.05) is 0 Å². The third-order valence-corrected chi connectivity index (χ3v) is 3.00. The summed E-state index contributed by atoms with van der Waals surface area (Å²) < 4.78 is 0. The van der Waals surface area contributed by atoms with Crippen LogP contribution in [0.15, 0.2) is 24.5 Å². The Kier molecular flexibility index (Phi) is 3.62. The molecule has 1 aromatic heterocycles.